The van der Waals surface area contributed by atoms with Gasteiger partial charge in [0, 0.05) is 36.5 Å². The molecule has 0 bridgehead atoms. The van der Waals surface area contributed by atoms with Gasteiger partial charge in [-0.05, 0) is 72.4 Å². The number of carbonyl (C=O) groups excluding carboxylic acids is 1. The van der Waals surface area contributed by atoms with E-state index in [-0.39, 0.29) is 24.5 Å². The minimum Gasteiger partial charge on any atom is -0.394 e. The Labute approximate surface area is 214 Å². The summed E-state index contributed by atoms with van der Waals surface area (Å²) in [6.45, 7) is 2.01. The van der Waals surface area contributed by atoms with Gasteiger partial charge in [-0.3, -0.25) is 9.48 Å². The Hall–Kier alpha value is -3.41. The van der Waals surface area contributed by atoms with Gasteiger partial charge < -0.3 is 15.3 Å². The summed E-state index contributed by atoms with van der Waals surface area (Å²) < 4.78 is 1.62. The normalized spacial score (nSPS) is 25.0. The van der Waals surface area contributed by atoms with Crippen molar-refractivity contribution in [1.29, 1.82) is 5.26 Å². The number of hydrogen-bond acceptors (Lipinski definition) is 6. The molecular weight excluding hydrogens is 476 g/mol. The predicted octanol–water partition coefficient (Wildman–Crippen LogP) is 3.52. The van der Waals surface area contributed by atoms with Crippen LogP contribution < -0.4 is 10.2 Å². The molecule has 0 spiro atoms. The maximum absolute atomic E-state index is 12.8. The van der Waals surface area contributed by atoms with Gasteiger partial charge >= 0.3 is 0 Å². The number of nitrogens with one attached hydrogen (secondary N) is 1. The van der Waals surface area contributed by atoms with E-state index in [4.69, 9.17) is 11.6 Å². The van der Waals surface area contributed by atoms with Gasteiger partial charge in [0.2, 0.25) is 0 Å². The van der Waals surface area contributed by atoms with Crippen LogP contribution >= 0.6 is 11.6 Å². The molecule has 36 heavy (non-hydrogen) atoms. The summed E-state index contributed by atoms with van der Waals surface area (Å²) in [4.78, 5) is 19.8. The first kappa shape index (κ1) is 23.0. The number of piperidine rings is 1. The Kier molecular flexibility index (Phi) is 5.90. The van der Waals surface area contributed by atoms with Crippen LogP contribution in [0.2, 0.25) is 5.02 Å². The summed E-state index contributed by atoms with van der Waals surface area (Å²) >= 11 is 6.12. The molecule has 2 aromatic heterocycles. The molecule has 3 fully saturated rings. The van der Waals surface area contributed by atoms with Crippen molar-refractivity contribution in [1.82, 2.24) is 20.1 Å². The zero-order chi connectivity index (χ0) is 24.8. The van der Waals surface area contributed by atoms with Gasteiger partial charge in [0.15, 0.2) is 0 Å². The van der Waals surface area contributed by atoms with E-state index in [2.05, 4.69) is 26.4 Å². The number of aliphatic hydroxyl groups is 1. The average molecular weight is 503 g/mol. The van der Waals surface area contributed by atoms with Crippen LogP contribution in [0.5, 0.6) is 0 Å². The molecule has 2 N–H and O–H groups in total. The van der Waals surface area contributed by atoms with Crippen LogP contribution in [0.4, 0.5) is 5.82 Å². The highest BCUT2D eigenvalue weighted by atomic mass is 35.5. The fourth-order valence-electron chi connectivity index (χ4n) is 5.57. The summed E-state index contributed by atoms with van der Waals surface area (Å²) in [5, 5.41) is 27.4. The number of carbonyl (C=O) groups is 1. The van der Waals surface area contributed by atoms with Crippen LogP contribution in [-0.2, 0) is 0 Å². The molecular formula is C27H27ClN6O2. The second kappa shape index (κ2) is 9.23. The lowest BCUT2D eigenvalue weighted by molar-refractivity contribution is 0.0908. The van der Waals surface area contributed by atoms with E-state index >= 15 is 0 Å². The van der Waals surface area contributed by atoms with E-state index in [0.29, 0.717) is 16.1 Å². The minimum atomic E-state index is -0.416. The number of benzene rings is 1. The lowest BCUT2D eigenvalue weighted by atomic mass is 9.74. The molecule has 1 aliphatic heterocycles. The van der Waals surface area contributed by atoms with Crippen molar-refractivity contribution in [3.05, 3.63) is 76.2 Å². The van der Waals surface area contributed by atoms with Gasteiger partial charge in [-0.25, -0.2) is 4.98 Å². The highest BCUT2D eigenvalue weighted by Gasteiger charge is 2.45. The number of pyridine rings is 1. The molecule has 6 rings (SSSR count). The third kappa shape index (κ3) is 4.34. The SMILES string of the molecule is N#Cc1ccc(Cl)cc1[C@H]1C[C@@H](NC(=O)c2cnn([C@@H](CO)c3ccc(N4CC5CC5C4)nc3)c2)C1. The second-order valence-electron chi connectivity index (χ2n) is 10.2. The van der Waals surface area contributed by atoms with Crippen molar-refractivity contribution >= 4 is 23.3 Å². The van der Waals surface area contributed by atoms with Gasteiger partial charge in [0.05, 0.1) is 30.0 Å². The third-order valence-corrected chi connectivity index (χ3v) is 8.10. The van der Waals surface area contributed by atoms with Crippen molar-refractivity contribution in [2.45, 2.75) is 37.3 Å². The van der Waals surface area contributed by atoms with Gasteiger partial charge in [-0.15, -0.1) is 0 Å². The topological polar surface area (TPSA) is 107 Å². The highest BCUT2D eigenvalue weighted by Crippen LogP contribution is 2.46. The molecule has 1 saturated heterocycles. The first-order valence-corrected chi connectivity index (χ1v) is 12.8. The van der Waals surface area contributed by atoms with Crippen LogP contribution in [-0.4, -0.2) is 51.5 Å². The highest BCUT2D eigenvalue weighted by molar-refractivity contribution is 6.30. The van der Waals surface area contributed by atoms with E-state index in [9.17, 15) is 15.2 Å². The quantitative estimate of drug-likeness (QED) is 0.512. The maximum atomic E-state index is 12.8. The minimum absolute atomic E-state index is 0.0263. The zero-order valence-corrected chi connectivity index (χ0v) is 20.5. The number of rotatable bonds is 7. The van der Waals surface area contributed by atoms with Crippen molar-refractivity contribution in [2.24, 2.45) is 11.8 Å². The maximum Gasteiger partial charge on any atom is 0.254 e. The van der Waals surface area contributed by atoms with Crippen molar-refractivity contribution in [2.75, 3.05) is 24.6 Å². The number of nitriles is 1. The van der Waals surface area contributed by atoms with Gasteiger partial charge in [0.25, 0.3) is 5.91 Å². The number of amides is 1. The smallest absolute Gasteiger partial charge is 0.254 e. The third-order valence-electron chi connectivity index (χ3n) is 7.86. The number of aromatic nitrogens is 3. The van der Waals surface area contributed by atoms with E-state index in [1.54, 1.807) is 29.2 Å². The van der Waals surface area contributed by atoms with E-state index in [0.717, 1.165) is 54.7 Å². The summed E-state index contributed by atoms with van der Waals surface area (Å²) in [5.41, 5.74) is 2.86. The first-order valence-electron chi connectivity index (χ1n) is 12.4. The van der Waals surface area contributed by atoms with Crippen LogP contribution in [0.3, 0.4) is 0 Å². The van der Waals surface area contributed by atoms with E-state index < -0.39 is 6.04 Å². The Morgan fingerprint density at radius 1 is 1.19 bits per heavy atom. The van der Waals surface area contributed by atoms with Crippen molar-refractivity contribution in [3.63, 3.8) is 0 Å². The number of nitrogens with zero attached hydrogens (tertiary/aromatic N) is 5. The molecule has 2 aliphatic carbocycles. The van der Waals surface area contributed by atoms with E-state index in [1.807, 2.05) is 18.2 Å². The fraction of sp³-hybridized carbons (Fsp3) is 0.407. The zero-order valence-electron chi connectivity index (χ0n) is 19.7. The second-order valence-corrected chi connectivity index (χ2v) is 10.6. The predicted molar refractivity (Wildman–Crippen MR) is 135 cm³/mol. The number of hydrogen-bond donors (Lipinski definition) is 2. The lowest BCUT2D eigenvalue weighted by Crippen LogP contribution is -2.43. The standard InChI is InChI=1S/C27H27ClN6O2/c28-22-3-1-16(9-29)24(8-22)18-6-23(7-18)32-27(36)21-11-31-34(14-21)25(15-35)17-2-4-26(30-10-17)33-12-19-5-20(19)13-33/h1-4,8,10-11,14,18-20,23,25,35H,5-7,12-13,15H2,(H,32,36)/t18-,19?,20?,23+,25-/m0/s1. The molecule has 3 heterocycles. The number of anilines is 1. The van der Waals surface area contributed by atoms with Crippen molar-refractivity contribution < 1.29 is 9.90 Å². The summed E-state index contributed by atoms with van der Waals surface area (Å²) in [6.07, 6.45) is 7.84. The number of halogens is 1. The molecule has 1 aromatic carbocycles. The Morgan fingerprint density at radius 2 is 2.00 bits per heavy atom. The number of fused-ring (bicyclic) bond motifs is 1. The molecule has 3 aliphatic rings. The Balaban J connectivity index is 1.07. The van der Waals surface area contributed by atoms with Gasteiger partial charge in [0.1, 0.15) is 11.9 Å². The lowest BCUT2D eigenvalue weighted by Gasteiger charge is -2.36. The largest absolute Gasteiger partial charge is 0.394 e. The van der Waals surface area contributed by atoms with Crippen LogP contribution in [0.25, 0.3) is 0 Å². The molecule has 2 unspecified atom stereocenters. The molecule has 2 saturated carbocycles. The van der Waals surface area contributed by atoms with Crippen LogP contribution in [0.1, 0.15) is 58.3 Å². The number of aliphatic hydroxyl groups excluding tert-OH is 1. The molecule has 1 amide bonds. The van der Waals surface area contributed by atoms with Crippen LogP contribution in [0.15, 0.2) is 48.9 Å². The molecule has 8 nitrogen and oxygen atoms in total. The molecule has 3 aromatic rings. The summed E-state index contributed by atoms with van der Waals surface area (Å²) in [5.74, 6) is 2.65. The average Bonchev–Trinajstić information content (AvgIpc) is 3.23. The molecule has 3 atom stereocenters. The summed E-state index contributed by atoms with van der Waals surface area (Å²) in [6, 6.07) is 11.1. The first-order chi connectivity index (χ1) is 17.5. The van der Waals surface area contributed by atoms with Gasteiger partial charge in [-0.1, -0.05) is 17.7 Å². The van der Waals surface area contributed by atoms with E-state index in [1.165, 1.54) is 12.6 Å². The van der Waals surface area contributed by atoms with Gasteiger partial charge in [-0.2, -0.15) is 10.4 Å². The molecule has 9 heteroatoms. The molecule has 0 radical (unpaired) electrons. The fourth-order valence-corrected chi connectivity index (χ4v) is 5.75. The van der Waals surface area contributed by atoms with Crippen molar-refractivity contribution in [3.8, 4) is 6.07 Å². The molecule has 184 valence electrons. The summed E-state index contributed by atoms with van der Waals surface area (Å²) in [7, 11) is 0. The Bertz CT molecular complexity index is 1320. The Morgan fingerprint density at radius 3 is 2.69 bits per heavy atom. The van der Waals surface area contributed by atoms with Crippen LogP contribution in [0, 0.1) is 23.2 Å². The monoisotopic (exact) mass is 502 g/mol.